The minimum Gasteiger partial charge on any atom is -0.546 e. The summed E-state index contributed by atoms with van der Waals surface area (Å²) in [7, 11) is 0. The van der Waals surface area contributed by atoms with E-state index in [-0.39, 0.29) is 40.7 Å². The number of carbonyl (C=O) groups is 1. The Bertz CT molecular complexity index is 1430. The van der Waals surface area contributed by atoms with Crippen molar-refractivity contribution in [3.05, 3.63) is 82.4 Å². The Morgan fingerprint density at radius 1 is 1.02 bits per heavy atom. The van der Waals surface area contributed by atoms with Crippen LogP contribution in [0, 0.1) is 0 Å². The van der Waals surface area contributed by atoms with E-state index in [9.17, 15) is 9.90 Å². The maximum atomic E-state index is 11.1. The number of anilines is 1. The first-order valence-corrected chi connectivity index (χ1v) is 13.4. The SMILES string of the molecule is CCOc1cc2c(c3c1OC(C)(C)C3)C(c1ccc(OCC(=O)[O-])c(NCc3ccccc3)c1)=NC(C)(C)C2.[Na+]. The number of carboxylic acids is 1. The minimum atomic E-state index is -1.27. The van der Waals surface area contributed by atoms with Crippen molar-refractivity contribution in [2.24, 2.45) is 4.99 Å². The minimum absolute atomic E-state index is 0. The van der Waals surface area contributed by atoms with E-state index in [4.69, 9.17) is 19.2 Å². The third-order valence-electron chi connectivity index (χ3n) is 6.91. The topological polar surface area (TPSA) is 92.2 Å². The van der Waals surface area contributed by atoms with Crippen molar-refractivity contribution in [3.8, 4) is 17.2 Å². The van der Waals surface area contributed by atoms with Crippen molar-refractivity contribution in [2.75, 3.05) is 18.5 Å². The van der Waals surface area contributed by atoms with E-state index in [0.717, 1.165) is 52.3 Å². The molecule has 1 N–H and O–H groups in total. The smallest absolute Gasteiger partial charge is 0.546 e. The van der Waals surface area contributed by atoms with Gasteiger partial charge < -0.3 is 29.4 Å². The van der Waals surface area contributed by atoms with E-state index < -0.39 is 12.6 Å². The summed E-state index contributed by atoms with van der Waals surface area (Å²) in [6.45, 7) is 11.0. The zero-order chi connectivity index (χ0) is 27.8. The molecule has 204 valence electrons. The number of hydrogen-bond donors (Lipinski definition) is 1. The van der Waals surface area contributed by atoms with Gasteiger partial charge in [-0.2, -0.15) is 0 Å². The molecule has 3 aromatic rings. The summed E-state index contributed by atoms with van der Waals surface area (Å²) in [4.78, 5) is 16.4. The first-order chi connectivity index (χ1) is 18.5. The fourth-order valence-electron chi connectivity index (χ4n) is 5.41. The van der Waals surface area contributed by atoms with E-state index in [2.05, 4.69) is 39.1 Å². The maximum absolute atomic E-state index is 11.1. The third-order valence-corrected chi connectivity index (χ3v) is 6.91. The van der Waals surface area contributed by atoms with Crippen molar-refractivity contribution in [1.82, 2.24) is 0 Å². The Balaban J connectivity index is 0.00000370. The quantitative estimate of drug-likeness (QED) is 0.408. The van der Waals surface area contributed by atoms with Gasteiger partial charge in [-0.15, -0.1) is 0 Å². The van der Waals surface area contributed by atoms with Gasteiger partial charge >= 0.3 is 29.6 Å². The molecule has 0 atom stereocenters. The van der Waals surface area contributed by atoms with Crippen LogP contribution >= 0.6 is 0 Å². The second-order valence-electron chi connectivity index (χ2n) is 11.3. The van der Waals surface area contributed by atoms with Gasteiger partial charge in [0.05, 0.1) is 29.5 Å². The predicted octanol–water partition coefficient (Wildman–Crippen LogP) is 1.72. The first kappa shape index (κ1) is 30.0. The molecule has 40 heavy (non-hydrogen) atoms. The second kappa shape index (κ2) is 11.9. The van der Waals surface area contributed by atoms with E-state index >= 15 is 0 Å². The van der Waals surface area contributed by atoms with Crippen LogP contribution in [0.5, 0.6) is 17.2 Å². The molecule has 0 spiro atoms. The second-order valence-corrected chi connectivity index (χ2v) is 11.3. The number of fused-ring (bicyclic) bond motifs is 3. The molecule has 0 amide bonds. The third kappa shape index (κ3) is 6.48. The molecule has 3 aromatic carbocycles. The molecular weight excluding hydrogens is 515 g/mol. The molecule has 2 aliphatic heterocycles. The van der Waals surface area contributed by atoms with E-state index in [1.165, 1.54) is 5.56 Å². The van der Waals surface area contributed by atoms with Crippen LogP contribution in [0.4, 0.5) is 5.69 Å². The number of rotatable bonds is 9. The normalized spacial score (nSPS) is 16.0. The zero-order valence-corrected chi connectivity index (χ0v) is 26.2. The maximum Gasteiger partial charge on any atom is 1.00 e. The van der Waals surface area contributed by atoms with Gasteiger partial charge in [-0.05, 0) is 76.4 Å². The number of hydrogen-bond acceptors (Lipinski definition) is 7. The molecule has 0 bridgehead atoms. The number of ether oxygens (including phenoxy) is 3. The summed E-state index contributed by atoms with van der Waals surface area (Å²) in [5.74, 6) is 0.745. The van der Waals surface area contributed by atoms with Crippen LogP contribution in [-0.2, 0) is 24.2 Å². The molecule has 0 radical (unpaired) electrons. The Morgan fingerprint density at radius 3 is 2.48 bits per heavy atom. The standard InChI is InChI=1S/C32H36N2O5.Na/c1-6-37-26-15-22-16-31(2,3)34-29(28(22)23-17-32(4,5)39-30(23)26)21-12-13-25(38-19-27(35)36)24(14-21)33-18-20-10-8-7-9-11-20;/h7-15,33H,6,16-19H2,1-5H3,(H,35,36);/q;+1/p-1. The number of carbonyl (C=O) groups excluding carboxylic acids is 1. The summed E-state index contributed by atoms with van der Waals surface area (Å²) in [6.07, 6.45) is 1.53. The summed E-state index contributed by atoms with van der Waals surface area (Å²) < 4.78 is 18.0. The van der Waals surface area contributed by atoms with Gasteiger partial charge in [-0.25, -0.2) is 0 Å². The number of benzene rings is 3. The number of carboxylic acid groups (broad SMARTS) is 1. The molecule has 2 aliphatic rings. The van der Waals surface area contributed by atoms with E-state index in [1.54, 1.807) is 6.07 Å². The fraction of sp³-hybridized carbons (Fsp3) is 0.375. The van der Waals surface area contributed by atoms with Gasteiger partial charge in [0.2, 0.25) is 0 Å². The van der Waals surface area contributed by atoms with Crippen molar-refractivity contribution in [1.29, 1.82) is 0 Å². The van der Waals surface area contributed by atoms with Crippen molar-refractivity contribution >= 4 is 17.4 Å². The van der Waals surface area contributed by atoms with E-state index in [0.29, 0.717) is 24.6 Å². The van der Waals surface area contributed by atoms with Crippen LogP contribution in [0.15, 0.2) is 59.6 Å². The number of nitrogens with zero attached hydrogens (tertiary/aromatic N) is 1. The average Bonchev–Trinajstić information content (AvgIpc) is 3.21. The molecule has 0 fully saturated rings. The van der Waals surface area contributed by atoms with Gasteiger partial charge in [0.1, 0.15) is 18.0 Å². The van der Waals surface area contributed by atoms with Crippen LogP contribution < -0.4 is 54.2 Å². The summed E-state index contributed by atoms with van der Waals surface area (Å²) >= 11 is 0. The molecule has 5 rings (SSSR count). The van der Waals surface area contributed by atoms with Gasteiger partial charge in [0, 0.05) is 29.7 Å². The van der Waals surface area contributed by atoms with Gasteiger partial charge in [-0.3, -0.25) is 4.99 Å². The van der Waals surface area contributed by atoms with Crippen LogP contribution in [0.3, 0.4) is 0 Å². The zero-order valence-electron chi connectivity index (χ0n) is 24.2. The Kier molecular flexibility index (Phi) is 8.88. The van der Waals surface area contributed by atoms with Crippen molar-refractivity contribution in [2.45, 2.75) is 65.1 Å². The molecule has 0 unspecified atom stereocenters. The first-order valence-electron chi connectivity index (χ1n) is 13.4. The summed E-state index contributed by atoms with van der Waals surface area (Å²) in [5, 5.41) is 14.6. The Labute approximate surface area is 258 Å². The van der Waals surface area contributed by atoms with Gasteiger partial charge in [-0.1, -0.05) is 30.3 Å². The molecule has 0 aromatic heterocycles. The largest absolute Gasteiger partial charge is 1.00 e. The van der Waals surface area contributed by atoms with Crippen molar-refractivity contribution < 1.29 is 53.7 Å². The Morgan fingerprint density at radius 2 is 1.77 bits per heavy atom. The molecule has 0 saturated carbocycles. The predicted molar refractivity (Wildman–Crippen MR) is 150 cm³/mol. The van der Waals surface area contributed by atoms with E-state index in [1.807, 2.05) is 49.4 Å². The molecule has 7 nitrogen and oxygen atoms in total. The number of nitrogens with one attached hydrogen (secondary N) is 1. The van der Waals surface area contributed by atoms with Crippen molar-refractivity contribution in [3.63, 3.8) is 0 Å². The van der Waals surface area contributed by atoms with Crippen LogP contribution in [0.2, 0.25) is 0 Å². The number of aliphatic carboxylic acids is 1. The summed E-state index contributed by atoms with van der Waals surface area (Å²) in [6, 6.07) is 17.8. The molecule has 8 heteroatoms. The van der Waals surface area contributed by atoms with Crippen LogP contribution in [0.1, 0.15) is 62.4 Å². The molecule has 2 heterocycles. The van der Waals surface area contributed by atoms with Crippen LogP contribution in [0.25, 0.3) is 0 Å². The van der Waals surface area contributed by atoms with Gasteiger partial charge in [0.15, 0.2) is 11.5 Å². The summed E-state index contributed by atoms with van der Waals surface area (Å²) in [5.41, 5.74) is 6.29. The average molecular weight is 551 g/mol. The molecular formula is C32H35N2NaO5. The number of aliphatic imine (C=N–C) groups is 1. The molecule has 0 aliphatic carbocycles. The van der Waals surface area contributed by atoms with Crippen LogP contribution in [-0.4, -0.2) is 36.0 Å². The Hall–Kier alpha value is -3.00. The monoisotopic (exact) mass is 550 g/mol. The molecule has 0 saturated heterocycles. The fourth-order valence-corrected chi connectivity index (χ4v) is 5.41. The van der Waals surface area contributed by atoms with Gasteiger partial charge in [0.25, 0.3) is 0 Å².